The van der Waals surface area contributed by atoms with Crippen molar-refractivity contribution in [2.45, 2.75) is 26.7 Å². The van der Waals surface area contributed by atoms with E-state index in [4.69, 9.17) is 9.72 Å². The lowest BCUT2D eigenvalue weighted by molar-refractivity contribution is 0.415. The number of rotatable bonds is 6. The number of benzene rings is 2. The van der Waals surface area contributed by atoms with Gasteiger partial charge in [-0.1, -0.05) is 42.0 Å². The zero-order chi connectivity index (χ0) is 22.8. The molecule has 0 radical (unpaired) electrons. The molecule has 0 fully saturated rings. The van der Waals surface area contributed by atoms with Gasteiger partial charge < -0.3 is 4.74 Å². The Kier molecular flexibility index (Phi) is 5.61. The Bertz CT molecular complexity index is 1440. The first-order chi connectivity index (χ1) is 16.1. The molecule has 5 aromatic rings. The van der Waals surface area contributed by atoms with Crippen LogP contribution in [0.25, 0.3) is 28.2 Å². The molecule has 5 rings (SSSR count). The second kappa shape index (κ2) is 8.87. The molecule has 0 atom stereocenters. The number of aromatic nitrogens is 4. The molecule has 0 N–H and O–H groups in total. The minimum absolute atomic E-state index is 0.795. The Morgan fingerprint density at radius 1 is 0.848 bits per heavy atom. The molecule has 0 aliphatic heterocycles. The topological polar surface area (TPSA) is 52.3 Å². The predicted octanol–water partition coefficient (Wildman–Crippen LogP) is 5.87. The van der Waals surface area contributed by atoms with Crippen LogP contribution in [0.2, 0.25) is 0 Å². The summed E-state index contributed by atoms with van der Waals surface area (Å²) in [6, 6.07) is 18.7. The summed E-state index contributed by atoms with van der Waals surface area (Å²) >= 11 is 0. The van der Waals surface area contributed by atoms with Gasteiger partial charge in [0.25, 0.3) is 0 Å². The van der Waals surface area contributed by atoms with E-state index in [0.29, 0.717) is 0 Å². The SMILES string of the molecule is COc1cccc(-c2cnc3c(CCc4cnc(-c5cccc(C)c5)c(C)c4)nccn23)c1. The van der Waals surface area contributed by atoms with E-state index in [1.54, 1.807) is 7.11 Å². The van der Waals surface area contributed by atoms with Crippen LogP contribution < -0.4 is 4.74 Å². The van der Waals surface area contributed by atoms with Crippen LogP contribution in [-0.2, 0) is 12.8 Å². The van der Waals surface area contributed by atoms with Gasteiger partial charge in [0, 0.05) is 29.7 Å². The van der Waals surface area contributed by atoms with Crippen molar-refractivity contribution in [2.75, 3.05) is 7.11 Å². The normalized spacial score (nSPS) is 11.1. The summed E-state index contributed by atoms with van der Waals surface area (Å²) in [4.78, 5) is 14.1. The fraction of sp³-hybridized carbons (Fsp3) is 0.179. The highest BCUT2D eigenvalue weighted by Crippen LogP contribution is 2.26. The van der Waals surface area contributed by atoms with Gasteiger partial charge in [-0.05, 0) is 56.0 Å². The van der Waals surface area contributed by atoms with Gasteiger partial charge >= 0.3 is 0 Å². The molecule has 5 nitrogen and oxygen atoms in total. The summed E-state index contributed by atoms with van der Waals surface area (Å²) in [6.45, 7) is 4.23. The van der Waals surface area contributed by atoms with Gasteiger partial charge in [0.1, 0.15) is 5.75 Å². The molecule has 2 aromatic carbocycles. The second-order valence-corrected chi connectivity index (χ2v) is 8.32. The van der Waals surface area contributed by atoms with Gasteiger partial charge in [-0.2, -0.15) is 0 Å². The molecule has 0 saturated carbocycles. The van der Waals surface area contributed by atoms with Crippen molar-refractivity contribution in [1.82, 2.24) is 19.4 Å². The third-order valence-corrected chi connectivity index (χ3v) is 5.94. The molecule has 164 valence electrons. The van der Waals surface area contributed by atoms with Crippen molar-refractivity contribution in [3.63, 3.8) is 0 Å². The molecular formula is C28H26N4O. The van der Waals surface area contributed by atoms with Gasteiger partial charge in [0.05, 0.1) is 30.4 Å². The van der Waals surface area contributed by atoms with Crippen LogP contribution in [0.4, 0.5) is 0 Å². The largest absolute Gasteiger partial charge is 0.497 e. The minimum Gasteiger partial charge on any atom is -0.497 e. The molecule has 0 amide bonds. The first kappa shape index (κ1) is 20.9. The number of aryl methyl sites for hydroxylation is 4. The smallest absolute Gasteiger partial charge is 0.159 e. The van der Waals surface area contributed by atoms with E-state index in [0.717, 1.165) is 52.4 Å². The summed E-state index contributed by atoms with van der Waals surface area (Å²) in [6.07, 6.45) is 9.34. The second-order valence-electron chi connectivity index (χ2n) is 8.32. The van der Waals surface area contributed by atoms with Crippen molar-refractivity contribution < 1.29 is 4.74 Å². The number of fused-ring (bicyclic) bond motifs is 1. The number of nitrogens with zero attached hydrogens (tertiary/aromatic N) is 4. The molecule has 0 bridgehead atoms. The van der Waals surface area contributed by atoms with Crippen molar-refractivity contribution in [3.8, 4) is 28.3 Å². The Morgan fingerprint density at radius 2 is 1.70 bits per heavy atom. The molecule has 3 aromatic heterocycles. The summed E-state index contributed by atoms with van der Waals surface area (Å²) < 4.78 is 7.48. The third-order valence-electron chi connectivity index (χ3n) is 5.94. The van der Waals surface area contributed by atoms with E-state index in [1.807, 2.05) is 43.0 Å². The van der Waals surface area contributed by atoms with Gasteiger partial charge in [-0.25, -0.2) is 4.98 Å². The molecule has 0 aliphatic rings. The van der Waals surface area contributed by atoms with Crippen LogP contribution in [0, 0.1) is 13.8 Å². The van der Waals surface area contributed by atoms with Gasteiger partial charge in [0.2, 0.25) is 0 Å². The molecule has 0 saturated heterocycles. The van der Waals surface area contributed by atoms with Crippen LogP contribution in [0.3, 0.4) is 0 Å². The van der Waals surface area contributed by atoms with Crippen LogP contribution in [0.1, 0.15) is 22.4 Å². The number of methoxy groups -OCH3 is 1. The lowest BCUT2D eigenvalue weighted by atomic mass is 10.0. The molecule has 0 spiro atoms. The number of imidazole rings is 1. The average Bonchev–Trinajstić information content (AvgIpc) is 3.28. The lowest BCUT2D eigenvalue weighted by Gasteiger charge is -2.09. The Hall–Kier alpha value is -3.99. The highest BCUT2D eigenvalue weighted by molar-refractivity contribution is 5.66. The van der Waals surface area contributed by atoms with Gasteiger partial charge in [-0.3, -0.25) is 14.4 Å². The van der Waals surface area contributed by atoms with Crippen LogP contribution in [-0.4, -0.2) is 26.5 Å². The van der Waals surface area contributed by atoms with E-state index in [2.05, 4.69) is 64.6 Å². The van der Waals surface area contributed by atoms with Crippen molar-refractivity contribution in [2.24, 2.45) is 0 Å². The number of ether oxygens (including phenoxy) is 1. The van der Waals surface area contributed by atoms with Crippen LogP contribution in [0.5, 0.6) is 5.75 Å². The van der Waals surface area contributed by atoms with E-state index >= 15 is 0 Å². The van der Waals surface area contributed by atoms with Crippen molar-refractivity contribution >= 4 is 5.65 Å². The quantitative estimate of drug-likeness (QED) is 0.335. The van der Waals surface area contributed by atoms with E-state index in [-0.39, 0.29) is 0 Å². The fourth-order valence-electron chi connectivity index (χ4n) is 4.27. The average molecular weight is 435 g/mol. The molecule has 0 unspecified atom stereocenters. The first-order valence-electron chi connectivity index (χ1n) is 11.1. The van der Waals surface area contributed by atoms with Gasteiger partial charge in [-0.15, -0.1) is 0 Å². The molecule has 5 heteroatoms. The van der Waals surface area contributed by atoms with Gasteiger partial charge in [0.15, 0.2) is 5.65 Å². The Balaban J connectivity index is 1.39. The maximum atomic E-state index is 5.38. The minimum atomic E-state index is 0.795. The molecular weight excluding hydrogens is 408 g/mol. The molecule has 0 aliphatic carbocycles. The van der Waals surface area contributed by atoms with E-state index < -0.39 is 0 Å². The zero-order valence-electron chi connectivity index (χ0n) is 19.1. The fourth-order valence-corrected chi connectivity index (χ4v) is 4.27. The van der Waals surface area contributed by atoms with Crippen molar-refractivity contribution in [1.29, 1.82) is 0 Å². The summed E-state index contributed by atoms with van der Waals surface area (Å²) in [7, 11) is 1.68. The first-order valence-corrected chi connectivity index (χ1v) is 11.1. The summed E-state index contributed by atoms with van der Waals surface area (Å²) in [5.74, 6) is 0.828. The lowest BCUT2D eigenvalue weighted by Crippen LogP contribution is -2.01. The molecule has 3 heterocycles. The number of pyridine rings is 1. The van der Waals surface area contributed by atoms with E-state index in [1.165, 1.54) is 16.7 Å². The Labute approximate surface area is 193 Å². The maximum absolute atomic E-state index is 5.38. The highest BCUT2D eigenvalue weighted by atomic mass is 16.5. The predicted molar refractivity (Wildman–Crippen MR) is 132 cm³/mol. The Morgan fingerprint density at radius 3 is 2.52 bits per heavy atom. The maximum Gasteiger partial charge on any atom is 0.159 e. The number of hydrogen-bond acceptors (Lipinski definition) is 4. The summed E-state index contributed by atoms with van der Waals surface area (Å²) in [5, 5.41) is 0. The monoisotopic (exact) mass is 434 g/mol. The highest BCUT2D eigenvalue weighted by Gasteiger charge is 2.12. The summed E-state index contributed by atoms with van der Waals surface area (Å²) in [5.41, 5.74) is 9.77. The van der Waals surface area contributed by atoms with Crippen LogP contribution >= 0.6 is 0 Å². The number of hydrogen-bond donors (Lipinski definition) is 0. The van der Waals surface area contributed by atoms with Crippen LogP contribution in [0.15, 0.2) is 79.4 Å². The van der Waals surface area contributed by atoms with E-state index in [9.17, 15) is 0 Å². The zero-order valence-corrected chi connectivity index (χ0v) is 19.1. The van der Waals surface area contributed by atoms with Crippen molar-refractivity contribution in [3.05, 3.63) is 102 Å². The standard InChI is InChI=1S/C28H26N4O/c1-19-6-4-8-23(14-19)27-20(2)15-21(17-30-27)10-11-25-28-31-18-26(32(28)13-12-29-25)22-7-5-9-24(16-22)33-3/h4-9,12-18H,10-11H2,1-3H3. The molecule has 33 heavy (non-hydrogen) atoms. The third kappa shape index (κ3) is 4.22.